The van der Waals surface area contributed by atoms with Gasteiger partial charge >= 0.3 is 0 Å². The quantitative estimate of drug-likeness (QED) is 0.369. The Bertz CT molecular complexity index is 1200. The lowest BCUT2D eigenvalue weighted by Gasteiger charge is -2.24. The SMILES string of the molecule is Cc1ccc(S(=O)(=O)N(CC(=O)N/N=C\c2sccc2C)c2cc(Cl)cc(Cl)c2)cc1. The summed E-state index contributed by atoms with van der Waals surface area (Å²) in [5.41, 5.74) is 4.49. The van der Waals surface area contributed by atoms with E-state index in [-0.39, 0.29) is 20.6 Å². The number of hydrogen-bond donors (Lipinski definition) is 1. The lowest BCUT2D eigenvalue weighted by atomic mass is 10.2. The average Bonchev–Trinajstić information content (AvgIpc) is 3.10. The molecule has 0 atom stereocenters. The van der Waals surface area contributed by atoms with Gasteiger partial charge in [-0.1, -0.05) is 40.9 Å². The maximum Gasteiger partial charge on any atom is 0.264 e. The fourth-order valence-electron chi connectivity index (χ4n) is 2.68. The second kappa shape index (κ2) is 9.82. The minimum Gasteiger partial charge on any atom is -0.271 e. The molecule has 31 heavy (non-hydrogen) atoms. The van der Waals surface area contributed by atoms with Crippen LogP contribution in [0.3, 0.4) is 0 Å². The minimum absolute atomic E-state index is 0.0414. The fraction of sp³-hybridized carbons (Fsp3) is 0.143. The van der Waals surface area contributed by atoms with Gasteiger partial charge in [0.1, 0.15) is 6.54 Å². The molecule has 3 aromatic rings. The van der Waals surface area contributed by atoms with Gasteiger partial charge < -0.3 is 0 Å². The summed E-state index contributed by atoms with van der Waals surface area (Å²) < 4.78 is 27.6. The van der Waals surface area contributed by atoms with Crippen LogP contribution in [0.25, 0.3) is 0 Å². The Morgan fingerprint density at radius 1 is 1.10 bits per heavy atom. The smallest absolute Gasteiger partial charge is 0.264 e. The molecule has 2 aromatic carbocycles. The van der Waals surface area contributed by atoms with Crippen molar-refractivity contribution in [3.63, 3.8) is 0 Å². The molecule has 1 aromatic heterocycles. The number of halogens is 2. The molecule has 0 unspecified atom stereocenters. The van der Waals surface area contributed by atoms with Crippen LogP contribution in [0.2, 0.25) is 10.0 Å². The Morgan fingerprint density at radius 3 is 2.32 bits per heavy atom. The first-order valence-corrected chi connectivity index (χ1v) is 12.2. The highest BCUT2D eigenvalue weighted by Crippen LogP contribution is 2.29. The summed E-state index contributed by atoms with van der Waals surface area (Å²) in [6, 6.07) is 12.6. The number of benzene rings is 2. The Morgan fingerprint density at radius 2 is 1.74 bits per heavy atom. The van der Waals surface area contributed by atoms with Crippen LogP contribution in [0.5, 0.6) is 0 Å². The molecule has 6 nitrogen and oxygen atoms in total. The molecule has 3 rings (SSSR count). The van der Waals surface area contributed by atoms with Crippen molar-refractivity contribution in [1.29, 1.82) is 0 Å². The molecule has 0 saturated heterocycles. The Kier molecular flexibility index (Phi) is 7.38. The summed E-state index contributed by atoms with van der Waals surface area (Å²) >= 11 is 13.6. The summed E-state index contributed by atoms with van der Waals surface area (Å²) in [5.74, 6) is -0.614. The van der Waals surface area contributed by atoms with Gasteiger partial charge in [0.15, 0.2) is 0 Å². The van der Waals surface area contributed by atoms with E-state index in [1.807, 2.05) is 25.3 Å². The number of carbonyl (C=O) groups excluding carboxylic acids is 1. The third-order valence-corrected chi connectivity index (χ3v) is 7.48. The molecule has 0 aliphatic carbocycles. The third kappa shape index (κ3) is 5.86. The van der Waals surface area contributed by atoms with Crippen molar-refractivity contribution in [2.75, 3.05) is 10.8 Å². The van der Waals surface area contributed by atoms with Gasteiger partial charge in [-0.05, 0) is 61.2 Å². The molecule has 0 radical (unpaired) electrons. The number of nitrogens with zero attached hydrogens (tertiary/aromatic N) is 2. The second-order valence-corrected chi connectivity index (χ2v) is 10.4. The van der Waals surface area contributed by atoms with Crippen molar-refractivity contribution < 1.29 is 13.2 Å². The van der Waals surface area contributed by atoms with E-state index in [0.717, 1.165) is 20.3 Å². The van der Waals surface area contributed by atoms with Crippen LogP contribution in [0.15, 0.2) is 63.9 Å². The molecular weight excluding hydrogens is 477 g/mol. The van der Waals surface area contributed by atoms with Gasteiger partial charge in [0, 0.05) is 14.9 Å². The van der Waals surface area contributed by atoms with Crippen LogP contribution < -0.4 is 9.73 Å². The molecule has 0 bridgehead atoms. The third-order valence-electron chi connectivity index (χ3n) is 4.30. The van der Waals surface area contributed by atoms with Gasteiger partial charge in [-0.2, -0.15) is 5.10 Å². The Hall–Kier alpha value is -2.39. The van der Waals surface area contributed by atoms with E-state index in [2.05, 4.69) is 10.5 Å². The second-order valence-electron chi connectivity index (χ2n) is 6.71. The average molecular weight is 496 g/mol. The lowest BCUT2D eigenvalue weighted by molar-refractivity contribution is -0.119. The van der Waals surface area contributed by atoms with Crippen LogP contribution in [-0.2, 0) is 14.8 Å². The maximum absolute atomic E-state index is 13.3. The van der Waals surface area contributed by atoms with E-state index in [1.165, 1.54) is 47.9 Å². The maximum atomic E-state index is 13.3. The zero-order valence-electron chi connectivity index (χ0n) is 16.7. The highest BCUT2D eigenvalue weighted by molar-refractivity contribution is 7.92. The fourth-order valence-corrected chi connectivity index (χ4v) is 5.39. The van der Waals surface area contributed by atoms with E-state index < -0.39 is 22.5 Å². The Labute approximate surface area is 195 Å². The minimum atomic E-state index is -4.07. The summed E-state index contributed by atoms with van der Waals surface area (Å²) in [4.78, 5) is 13.5. The summed E-state index contributed by atoms with van der Waals surface area (Å²) in [7, 11) is -4.07. The monoisotopic (exact) mass is 495 g/mol. The van der Waals surface area contributed by atoms with Crippen LogP contribution in [0, 0.1) is 13.8 Å². The molecule has 1 amide bonds. The van der Waals surface area contributed by atoms with Crippen molar-refractivity contribution in [3.05, 3.63) is 80.0 Å². The molecule has 0 aliphatic rings. The van der Waals surface area contributed by atoms with Crippen molar-refractivity contribution >= 4 is 62.4 Å². The van der Waals surface area contributed by atoms with Gasteiger partial charge in [0.25, 0.3) is 15.9 Å². The number of carbonyl (C=O) groups is 1. The molecular formula is C21H19Cl2N3O3S2. The zero-order valence-corrected chi connectivity index (χ0v) is 19.8. The Balaban J connectivity index is 1.90. The van der Waals surface area contributed by atoms with Crippen LogP contribution in [0.4, 0.5) is 5.69 Å². The normalized spacial score (nSPS) is 11.6. The molecule has 1 heterocycles. The van der Waals surface area contributed by atoms with Crippen LogP contribution in [-0.4, -0.2) is 27.1 Å². The van der Waals surface area contributed by atoms with Crippen molar-refractivity contribution in [1.82, 2.24) is 5.43 Å². The molecule has 162 valence electrons. The summed E-state index contributed by atoms with van der Waals surface area (Å²) in [6.07, 6.45) is 1.52. The topological polar surface area (TPSA) is 78.8 Å². The van der Waals surface area contributed by atoms with Gasteiger partial charge in [0.05, 0.1) is 16.8 Å². The van der Waals surface area contributed by atoms with Gasteiger partial charge in [-0.15, -0.1) is 11.3 Å². The zero-order chi connectivity index (χ0) is 22.6. The highest BCUT2D eigenvalue weighted by atomic mass is 35.5. The van der Waals surface area contributed by atoms with Gasteiger partial charge in [-0.25, -0.2) is 13.8 Å². The van der Waals surface area contributed by atoms with E-state index in [4.69, 9.17) is 23.2 Å². The first kappa shape index (κ1) is 23.3. The van der Waals surface area contributed by atoms with Crippen LogP contribution in [0.1, 0.15) is 16.0 Å². The first-order valence-electron chi connectivity index (χ1n) is 9.08. The van der Waals surface area contributed by atoms with E-state index in [0.29, 0.717) is 0 Å². The largest absolute Gasteiger partial charge is 0.271 e. The number of hydrogen-bond acceptors (Lipinski definition) is 5. The standard InChI is InChI=1S/C21H19Cl2N3O3S2/c1-14-3-5-19(6-4-14)31(28,29)26(18-10-16(22)9-17(23)11-18)13-21(27)25-24-12-20-15(2)7-8-30-20/h3-12H,13H2,1-2H3,(H,25,27)/b24-12-. The summed E-state index contributed by atoms with van der Waals surface area (Å²) in [5, 5.41) is 6.35. The van der Waals surface area contributed by atoms with Crippen molar-refractivity contribution in [3.8, 4) is 0 Å². The number of aryl methyl sites for hydroxylation is 2. The summed E-state index contributed by atoms with van der Waals surface area (Å²) in [6.45, 7) is 3.28. The van der Waals surface area contributed by atoms with E-state index >= 15 is 0 Å². The predicted molar refractivity (Wildman–Crippen MR) is 127 cm³/mol. The number of nitrogens with one attached hydrogen (secondary N) is 1. The molecule has 0 spiro atoms. The highest BCUT2D eigenvalue weighted by Gasteiger charge is 2.27. The van der Waals surface area contributed by atoms with Crippen molar-refractivity contribution in [2.45, 2.75) is 18.7 Å². The molecule has 10 heteroatoms. The number of amides is 1. The predicted octanol–water partition coefficient (Wildman–Crippen LogP) is 5.02. The van der Waals surface area contributed by atoms with E-state index in [9.17, 15) is 13.2 Å². The lowest BCUT2D eigenvalue weighted by Crippen LogP contribution is -2.39. The van der Waals surface area contributed by atoms with Gasteiger partial charge in [-0.3, -0.25) is 9.10 Å². The first-order chi connectivity index (χ1) is 14.7. The number of anilines is 1. The number of hydrazone groups is 1. The number of rotatable bonds is 7. The van der Waals surface area contributed by atoms with Crippen molar-refractivity contribution in [2.24, 2.45) is 5.10 Å². The molecule has 0 aliphatic heterocycles. The van der Waals surface area contributed by atoms with Crippen LogP contribution >= 0.6 is 34.5 Å². The molecule has 1 N–H and O–H groups in total. The molecule has 0 saturated carbocycles. The van der Waals surface area contributed by atoms with E-state index in [1.54, 1.807) is 12.1 Å². The molecule has 0 fully saturated rings. The van der Waals surface area contributed by atoms with Gasteiger partial charge in [0.2, 0.25) is 0 Å². The number of thiophene rings is 1. The number of sulfonamides is 1.